The maximum atomic E-state index is 2.45. The van der Waals surface area contributed by atoms with E-state index in [0.29, 0.717) is 11.8 Å². The van der Waals surface area contributed by atoms with Gasteiger partial charge in [-0.2, -0.15) is 0 Å². The smallest absolute Gasteiger partial charge is 0.0202 e. The summed E-state index contributed by atoms with van der Waals surface area (Å²) in [7, 11) is 0. The minimum atomic E-state index is 0.541. The van der Waals surface area contributed by atoms with Crippen molar-refractivity contribution in [3.63, 3.8) is 0 Å². The summed E-state index contributed by atoms with van der Waals surface area (Å²) in [5.74, 6) is 1.08. The number of hydrogen-bond acceptors (Lipinski definition) is 0. The summed E-state index contributed by atoms with van der Waals surface area (Å²) >= 11 is 0. The minimum Gasteiger partial charge on any atom is -0.0763 e. The molecule has 0 saturated heterocycles. The van der Waals surface area contributed by atoms with Crippen molar-refractivity contribution in [2.75, 3.05) is 0 Å². The van der Waals surface area contributed by atoms with Crippen LogP contribution in [0.2, 0.25) is 0 Å². The third-order valence-corrected chi connectivity index (χ3v) is 4.24. The highest BCUT2D eigenvalue weighted by Crippen LogP contribution is 2.40. The van der Waals surface area contributed by atoms with E-state index in [1.165, 1.54) is 43.2 Å². The summed E-state index contributed by atoms with van der Waals surface area (Å²) in [6.45, 7) is 2.27. The summed E-state index contributed by atoms with van der Waals surface area (Å²) in [6, 6.07) is 7.15. The molecule has 0 radical (unpaired) electrons. The predicted molar refractivity (Wildman–Crippen MR) is 78.1 cm³/mol. The molecule has 1 aromatic carbocycles. The molecule has 1 aromatic rings. The molecule has 0 amide bonds. The molecule has 3 aliphatic carbocycles. The molecule has 2 bridgehead atoms. The van der Waals surface area contributed by atoms with Crippen molar-refractivity contribution < 1.29 is 0 Å². The van der Waals surface area contributed by atoms with Gasteiger partial charge in [0, 0.05) is 11.8 Å². The molecular formula is C18H22. The zero-order chi connectivity index (χ0) is 12.4. The van der Waals surface area contributed by atoms with Crippen molar-refractivity contribution >= 4 is 0 Å². The van der Waals surface area contributed by atoms with E-state index >= 15 is 0 Å². The van der Waals surface area contributed by atoms with Crippen molar-refractivity contribution in [3.05, 3.63) is 59.2 Å². The highest BCUT2D eigenvalue weighted by Gasteiger charge is 2.24. The standard InChI is InChI=1S/C18H22/c1-2-3-4-5-6-14-7-12-17-15-8-10-16(11-9-15)18(17)13-14/h7-13,15-16H,2-6H2,1H3. The SMILES string of the molecule is CCCCCCc1ccc2c(c1)C1C=CC2C=C1. The van der Waals surface area contributed by atoms with E-state index in [1.54, 1.807) is 5.56 Å². The fourth-order valence-electron chi connectivity index (χ4n) is 3.15. The average Bonchev–Trinajstić information content (AvgIpc) is 2.45. The summed E-state index contributed by atoms with van der Waals surface area (Å²) in [5, 5.41) is 0. The minimum absolute atomic E-state index is 0.541. The van der Waals surface area contributed by atoms with Crippen molar-refractivity contribution in [1.82, 2.24) is 0 Å². The Kier molecular flexibility index (Phi) is 3.36. The zero-order valence-electron chi connectivity index (χ0n) is 11.2. The molecular weight excluding hydrogens is 216 g/mol. The first-order valence-corrected chi connectivity index (χ1v) is 7.38. The lowest BCUT2D eigenvalue weighted by Gasteiger charge is -2.29. The van der Waals surface area contributed by atoms with Crippen LogP contribution in [0.3, 0.4) is 0 Å². The van der Waals surface area contributed by atoms with Crippen LogP contribution in [0.25, 0.3) is 0 Å². The van der Waals surface area contributed by atoms with Gasteiger partial charge in [-0.25, -0.2) is 0 Å². The predicted octanol–water partition coefficient (Wildman–Crippen LogP) is 5.12. The quantitative estimate of drug-likeness (QED) is 0.493. The summed E-state index contributed by atoms with van der Waals surface area (Å²) in [6.07, 6.45) is 16.1. The molecule has 0 spiro atoms. The Hall–Kier alpha value is -1.30. The van der Waals surface area contributed by atoms with Gasteiger partial charge in [0.05, 0.1) is 0 Å². The van der Waals surface area contributed by atoms with E-state index in [0.717, 1.165) is 0 Å². The van der Waals surface area contributed by atoms with Gasteiger partial charge in [0.25, 0.3) is 0 Å². The van der Waals surface area contributed by atoms with Gasteiger partial charge in [-0.3, -0.25) is 0 Å². The Labute approximate surface area is 110 Å². The highest BCUT2D eigenvalue weighted by molar-refractivity contribution is 5.51. The molecule has 0 unspecified atom stereocenters. The van der Waals surface area contributed by atoms with E-state index in [2.05, 4.69) is 49.4 Å². The normalized spacial score (nSPS) is 23.4. The van der Waals surface area contributed by atoms with Gasteiger partial charge >= 0.3 is 0 Å². The third kappa shape index (κ3) is 2.16. The summed E-state index contributed by atoms with van der Waals surface area (Å²) in [4.78, 5) is 0. The van der Waals surface area contributed by atoms with E-state index in [1.807, 2.05) is 0 Å². The number of aryl methyl sites for hydroxylation is 1. The Morgan fingerprint density at radius 2 is 1.56 bits per heavy atom. The van der Waals surface area contributed by atoms with Gasteiger partial charge in [-0.1, -0.05) is 68.7 Å². The van der Waals surface area contributed by atoms with Crippen molar-refractivity contribution in [2.24, 2.45) is 0 Å². The number of unbranched alkanes of at least 4 members (excludes halogenated alkanes) is 3. The third-order valence-electron chi connectivity index (χ3n) is 4.24. The fraction of sp³-hybridized carbons (Fsp3) is 0.444. The lowest BCUT2D eigenvalue weighted by Crippen LogP contribution is -2.12. The first-order valence-electron chi connectivity index (χ1n) is 7.38. The van der Waals surface area contributed by atoms with Crippen LogP contribution in [-0.4, -0.2) is 0 Å². The molecule has 18 heavy (non-hydrogen) atoms. The molecule has 0 heteroatoms. The summed E-state index contributed by atoms with van der Waals surface area (Å²) < 4.78 is 0. The Morgan fingerprint density at radius 3 is 2.28 bits per heavy atom. The van der Waals surface area contributed by atoms with Crippen LogP contribution >= 0.6 is 0 Å². The second kappa shape index (κ2) is 5.14. The van der Waals surface area contributed by atoms with Crippen LogP contribution < -0.4 is 0 Å². The summed E-state index contributed by atoms with van der Waals surface area (Å²) in [5.41, 5.74) is 4.61. The van der Waals surface area contributed by atoms with Gasteiger partial charge in [0.15, 0.2) is 0 Å². The zero-order valence-corrected chi connectivity index (χ0v) is 11.2. The van der Waals surface area contributed by atoms with Gasteiger partial charge < -0.3 is 0 Å². The van der Waals surface area contributed by atoms with Crippen LogP contribution in [0.1, 0.15) is 61.1 Å². The van der Waals surface area contributed by atoms with E-state index in [-0.39, 0.29) is 0 Å². The molecule has 4 rings (SSSR count). The lowest BCUT2D eigenvalue weighted by atomic mass is 9.76. The molecule has 94 valence electrons. The fourth-order valence-corrected chi connectivity index (χ4v) is 3.15. The maximum Gasteiger partial charge on any atom is 0.0202 e. The second-order valence-corrected chi connectivity index (χ2v) is 5.60. The molecule has 0 aliphatic heterocycles. The molecule has 0 N–H and O–H groups in total. The lowest BCUT2D eigenvalue weighted by molar-refractivity contribution is 0.666. The molecule has 0 aromatic heterocycles. The molecule has 0 nitrogen and oxygen atoms in total. The highest BCUT2D eigenvalue weighted by atomic mass is 14.3. The van der Waals surface area contributed by atoms with Gasteiger partial charge in [-0.05, 0) is 29.5 Å². The van der Waals surface area contributed by atoms with Gasteiger partial charge in [0.1, 0.15) is 0 Å². The maximum absolute atomic E-state index is 2.45. The van der Waals surface area contributed by atoms with Crippen LogP contribution in [0.5, 0.6) is 0 Å². The average molecular weight is 238 g/mol. The van der Waals surface area contributed by atoms with Crippen molar-refractivity contribution in [1.29, 1.82) is 0 Å². The number of allylic oxidation sites excluding steroid dienone is 4. The Balaban J connectivity index is 1.72. The first-order chi connectivity index (χ1) is 8.88. The molecule has 3 aliphatic rings. The van der Waals surface area contributed by atoms with Crippen LogP contribution in [0.4, 0.5) is 0 Å². The number of benzene rings is 1. The van der Waals surface area contributed by atoms with Crippen LogP contribution in [0.15, 0.2) is 42.5 Å². The second-order valence-electron chi connectivity index (χ2n) is 5.60. The monoisotopic (exact) mass is 238 g/mol. The molecule has 0 heterocycles. The van der Waals surface area contributed by atoms with Gasteiger partial charge in [0.2, 0.25) is 0 Å². The molecule has 0 atom stereocenters. The van der Waals surface area contributed by atoms with E-state index < -0.39 is 0 Å². The van der Waals surface area contributed by atoms with Crippen LogP contribution in [-0.2, 0) is 6.42 Å². The Bertz CT molecular complexity index is 465. The van der Waals surface area contributed by atoms with Crippen molar-refractivity contribution in [2.45, 2.75) is 50.9 Å². The van der Waals surface area contributed by atoms with E-state index in [4.69, 9.17) is 0 Å². The molecule has 0 fully saturated rings. The number of hydrogen-bond donors (Lipinski definition) is 0. The Morgan fingerprint density at radius 1 is 0.833 bits per heavy atom. The topological polar surface area (TPSA) is 0 Å². The largest absolute Gasteiger partial charge is 0.0763 e. The number of rotatable bonds is 5. The van der Waals surface area contributed by atoms with Crippen molar-refractivity contribution in [3.8, 4) is 0 Å². The first kappa shape index (κ1) is 11.8. The molecule has 0 saturated carbocycles. The van der Waals surface area contributed by atoms with E-state index in [9.17, 15) is 0 Å². The van der Waals surface area contributed by atoms with Crippen LogP contribution in [0, 0.1) is 0 Å². The van der Waals surface area contributed by atoms with Gasteiger partial charge in [-0.15, -0.1) is 0 Å².